The summed E-state index contributed by atoms with van der Waals surface area (Å²) in [6.45, 7) is 1.39. The molecule has 41 heavy (non-hydrogen) atoms. The third kappa shape index (κ3) is 6.03. The molecular weight excluding hydrogens is 537 g/mol. The third-order valence-electron chi connectivity index (χ3n) is 6.82. The Morgan fingerprint density at radius 1 is 0.976 bits per heavy atom. The normalized spacial score (nSPS) is 14.8. The van der Waals surface area contributed by atoms with Gasteiger partial charge in [-0.15, -0.1) is 0 Å². The van der Waals surface area contributed by atoms with Crippen molar-refractivity contribution in [1.82, 2.24) is 10.2 Å². The van der Waals surface area contributed by atoms with Crippen molar-refractivity contribution in [3.05, 3.63) is 101 Å². The first-order valence-corrected chi connectivity index (χ1v) is 12.8. The van der Waals surface area contributed by atoms with Crippen molar-refractivity contribution < 1.29 is 32.2 Å². The highest BCUT2D eigenvalue weighted by molar-refractivity contribution is 6.30. The average Bonchev–Trinajstić information content (AvgIpc) is 3.31. The molecule has 2 amide bonds. The fourth-order valence-corrected chi connectivity index (χ4v) is 4.65. The number of hydrogen-bond acceptors (Lipinski definition) is 6. The van der Waals surface area contributed by atoms with Gasteiger partial charge in [0.25, 0.3) is 11.8 Å². The molecule has 0 bridgehead atoms. The van der Waals surface area contributed by atoms with Crippen LogP contribution in [-0.4, -0.2) is 43.2 Å². The SMILES string of the molecule is COc1ccc(CNC(=O)c2ccc(CN3C=C4C(=O)N(c5cccc(C(F)(F)F)c5)N=C4CC3)cc2)cc1OC. The van der Waals surface area contributed by atoms with Crippen molar-refractivity contribution in [1.29, 1.82) is 0 Å². The second kappa shape index (κ2) is 11.4. The molecule has 0 radical (unpaired) electrons. The van der Waals surface area contributed by atoms with Crippen molar-refractivity contribution in [2.24, 2.45) is 5.10 Å². The highest BCUT2D eigenvalue weighted by atomic mass is 19.4. The molecule has 212 valence electrons. The standard InChI is InChI=1S/C30H27F3N4O4/c1-40-26-11-8-20(14-27(26)41-2)16-34-28(38)21-9-6-19(7-10-21)17-36-13-12-25-24(18-36)29(39)37(35-25)23-5-3-4-22(15-23)30(31,32)33/h3-11,14-15,18H,12-13,16-17H2,1-2H3,(H,34,38). The van der Waals surface area contributed by atoms with Crippen molar-refractivity contribution in [3.63, 3.8) is 0 Å². The summed E-state index contributed by atoms with van der Waals surface area (Å²) in [5, 5.41) is 8.21. The van der Waals surface area contributed by atoms with E-state index < -0.39 is 17.6 Å². The van der Waals surface area contributed by atoms with Crippen LogP contribution in [0.4, 0.5) is 18.9 Å². The summed E-state index contributed by atoms with van der Waals surface area (Å²) in [7, 11) is 3.11. The number of methoxy groups -OCH3 is 2. The zero-order valence-corrected chi connectivity index (χ0v) is 22.4. The molecule has 0 aromatic heterocycles. The van der Waals surface area contributed by atoms with E-state index in [1.165, 1.54) is 12.1 Å². The number of amides is 2. The van der Waals surface area contributed by atoms with Gasteiger partial charge in [0.1, 0.15) is 0 Å². The fraction of sp³-hybridized carbons (Fsp3) is 0.233. The van der Waals surface area contributed by atoms with Gasteiger partial charge in [-0.2, -0.15) is 23.3 Å². The summed E-state index contributed by atoms with van der Waals surface area (Å²) in [6, 6.07) is 17.2. The van der Waals surface area contributed by atoms with E-state index in [0.717, 1.165) is 28.3 Å². The van der Waals surface area contributed by atoms with Crippen LogP contribution in [0.3, 0.4) is 0 Å². The summed E-state index contributed by atoms with van der Waals surface area (Å²) < 4.78 is 50.0. The molecule has 0 atom stereocenters. The number of carbonyl (C=O) groups is 2. The maximum atomic E-state index is 13.1. The van der Waals surface area contributed by atoms with Gasteiger partial charge >= 0.3 is 6.18 Å². The fourth-order valence-electron chi connectivity index (χ4n) is 4.65. The van der Waals surface area contributed by atoms with Crippen LogP contribution in [0.25, 0.3) is 0 Å². The summed E-state index contributed by atoms with van der Waals surface area (Å²) in [5.41, 5.74) is 2.43. The number of hydrazone groups is 1. The minimum atomic E-state index is -4.52. The monoisotopic (exact) mass is 564 g/mol. The van der Waals surface area contributed by atoms with Crippen LogP contribution in [0.1, 0.15) is 33.5 Å². The topological polar surface area (TPSA) is 83.5 Å². The van der Waals surface area contributed by atoms with Gasteiger partial charge in [0.15, 0.2) is 11.5 Å². The van der Waals surface area contributed by atoms with Crippen LogP contribution in [-0.2, 0) is 24.1 Å². The van der Waals surface area contributed by atoms with E-state index in [4.69, 9.17) is 9.47 Å². The van der Waals surface area contributed by atoms with Gasteiger partial charge in [0, 0.05) is 37.8 Å². The molecule has 3 aromatic rings. The first-order chi connectivity index (χ1) is 19.7. The van der Waals surface area contributed by atoms with Gasteiger partial charge in [0.05, 0.1) is 36.8 Å². The summed E-state index contributed by atoms with van der Waals surface area (Å²) in [4.78, 5) is 27.7. The molecule has 0 aliphatic carbocycles. The third-order valence-corrected chi connectivity index (χ3v) is 6.82. The maximum absolute atomic E-state index is 13.1. The van der Waals surface area contributed by atoms with Crippen molar-refractivity contribution in [2.75, 3.05) is 25.8 Å². The number of anilines is 1. The lowest BCUT2D eigenvalue weighted by Crippen LogP contribution is -2.29. The zero-order chi connectivity index (χ0) is 29.1. The van der Waals surface area contributed by atoms with E-state index in [9.17, 15) is 22.8 Å². The van der Waals surface area contributed by atoms with E-state index in [1.807, 2.05) is 23.1 Å². The van der Waals surface area contributed by atoms with Crippen LogP contribution >= 0.6 is 0 Å². The molecule has 2 aliphatic heterocycles. The Kier molecular flexibility index (Phi) is 7.69. The van der Waals surface area contributed by atoms with Crippen molar-refractivity contribution in [3.8, 4) is 11.5 Å². The molecule has 2 aliphatic rings. The number of nitrogens with zero attached hydrogens (tertiary/aromatic N) is 3. The molecule has 0 spiro atoms. The highest BCUT2D eigenvalue weighted by Crippen LogP contribution is 2.34. The molecule has 8 nitrogen and oxygen atoms in total. The Labute approximate surface area is 234 Å². The minimum Gasteiger partial charge on any atom is -0.493 e. The van der Waals surface area contributed by atoms with E-state index in [2.05, 4.69) is 10.4 Å². The van der Waals surface area contributed by atoms with Crippen LogP contribution in [0.2, 0.25) is 0 Å². The molecule has 5 rings (SSSR count). The molecule has 0 saturated carbocycles. The van der Waals surface area contributed by atoms with Gasteiger partial charge in [-0.3, -0.25) is 9.59 Å². The Morgan fingerprint density at radius 2 is 1.71 bits per heavy atom. The number of benzene rings is 3. The van der Waals surface area contributed by atoms with E-state index in [1.54, 1.807) is 44.7 Å². The van der Waals surface area contributed by atoms with Gasteiger partial charge < -0.3 is 19.7 Å². The lowest BCUT2D eigenvalue weighted by molar-refractivity contribution is -0.137. The molecule has 3 aromatic carbocycles. The highest BCUT2D eigenvalue weighted by Gasteiger charge is 2.36. The molecule has 0 fully saturated rings. The van der Waals surface area contributed by atoms with Gasteiger partial charge in [-0.05, 0) is 53.6 Å². The number of carbonyl (C=O) groups excluding carboxylic acids is 2. The molecular formula is C30H27F3N4O4. The Hall–Kier alpha value is -4.80. The van der Waals surface area contributed by atoms with Gasteiger partial charge in [-0.1, -0.05) is 24.3 Å². The quantitative estimate of drug-likeness (QED) is 0.410. The first kappa shape index (κ1) is 27.8. The Bertz CT molecular complexity index is 1530. The second-order valence-electron chi connectivity index (χ2n) is 9.54. The first-order valence-electron chi connectivity index (χ1n) is 12.8. The number of nitrogens with one attached hydrogen (secondary N) is 1. The van der Waals surface area contributed by atoms with E-state index in [-0.39, 0.29) is 11.6 Å². The van der Waals surface area contributed by atoms with Gasteiger partial charge in [0.2, 0.25) is 0 Å². The lowest BCUT2D eigenvalue weighted by atomic mass is 10.0. The number of halogens is 3. The van der Waals surface area contributed by atoms with Crippen LogP contribution in [0.15, 0.2) is 83.6 Å². The van der Waals surface area contributed by atoms with E-state index in [0.29, 0.717) is 54.4 Å². The zero-order valence-electron chi connectivity index (χ0n) is 22.4. The Balaban J connectivity index is 1.20. The molecule has 0 unspecified atom stereocenters. The summed E-state index contributed by atoms with van der Waals surface area (Å²) in [5.74, 6) is 0.498. The minimum absolute atomic E-state index is 0.0687. The smallest absolute Gasteiger partial charge is 0.416 e. The molecule has 2 heterocycles. The Morgan fingerprint density at radius 3 is 2.41 bits per heavy atom. The molecule has 1 N–H and O–H groups in total. The number of ether oxygens (including phenoxy) is 2. The number of hydrogen-bond donors (Lipinski definition) is 1. The second-order valence-corrected chi connectivity index (χ2v) is 9.54. The summed E-state index contributed by atoms with van der Waals surface area (Å²) >= 11 is 0. The van der Waals surface area contributed by atoms with Gasteiger partial charge in [-0.25, -0.2) is 0 Å². The predicted molar refractivity (Wildman–Crippen MR) is 147 cm³/mol. The number of fused-ring (bicyclic) bond motifs is 1. The van der Waals surface area contributed by atoms with Crippen LogP contribution in [0, 0.1) is 0 Å². The van der Waals surface area contributed by atoms with Crippen molar-refractivity contribution in [2.45, 2.75) is 25.7 Å². The van der Waals surface area contributed by atoms with Crippen LogP contribution in [0.5, 0.6) is 11.5 Å². The maximum Gasteiger partial charge on any atom is 0.416 e. The molecule has 11 heteroatoms. The van der Waals surface area contributed by atoms with E-state index >= 15 is 0 Å². The van der Waals surface area contributed by atoms with Crippen LogP contribution < -0.4 is 19.8 Å². The average molecular weight is 565 g/mol. The predicted octanol–water partition coefficient (Wildman–Crippen LogP) is 5.15. The summed E-state index contributed by atoms with van der Waals surface area (Å²) in [6.07, 6.45) is -2.35. The largest absolute Gasteiger partial charge is 0.493 e. The molecule has 0 saturated heterocycles. The number of rotatable bonds is 8. The lowest BCUT2D eigenvalue weighted by Gasteiger charge is -2.25. The van der Waals surface area contributed by atoms with Crippen molar-refractivity contribution >= 4 is 23.2 Å². The number of alkyl halides is 3.